The standard InChI is InChI=1S/C15H20F2N2O4/c1-18-5-3-4-14(20)19(2)8-10-6-12-13(22-9-21-12)7-11(10)23-15(16)17/h6-7,15,18H,3-5,8-9H2,1-2H3. The van der Waals surface area contributed by atoms with Crippen molar-refractivity contribution < 1.29 is 27.8 Å². The molecule has 1 N–H and O–H groups in total. The van der Waals surface area contributed by atoms with Crippen molar-refractivity contribution in [2.24, 2.45) is 0 Å². The molecule has 0 aliphatic carbocycles. The lowest BCUT2D eigenvalue weighted by atomic mass is 10.1. The first-order valence-corrected chi connectivity index (χ1v) is 7.27. The van der Waals surface area contributed by atoms with E-state index in [0.29, 0.717) is 29.9 Å². The van der Waals surface area contributed by atoms with Gasteiger partial charge in [-0.15, -0.1) is 0 Å². The smallest absolute Gasteiger partial charge is 0.387 e. The Hall–Kier alpha value is -2.09. The predicted octanol–water partition coefficient (Wildman–Crippen LogP) is 1.97. The molecule has 0 bridgehead atoms. The molecule has 1 aliphatic rings. The fraction of sp³-hybridized carbons (Fsp3) is 0.533. The van der Waals surface area contributed by atoms with E-state index in [1.807, 2.05) is 7.05 Å². The Morgan fingerprint density at radius 2 is 2.09 bits per heavy atom. The Kier molecular flexibility index (Phi) is 5.97. The molecule has 0 atom stereocenters. The van der Waals surface area contributed by atoms with Crippen molar-refractivity contribution in [3.05, 3.63) is 17.7 Å². The molecule has 128 valence electrons. The number of hydrogen-bond acceptors (Lipinski definition) is 5. The summed E-state index contributed by atoms with van der Waals surface area (Å²) in [6.07, 6.45) is 1.09. The van der Waals surface area contributed by atoms with Crippen molar-refractivity contribution in [3.63, 3.8) is 0 Å². The first-order chi connectivity index (χ1) is 11.0. The van der Waals surface area contributed by atoms with Crippen LogP contribution in [0.15, 0.2) is 12.1 Å². The summed E-state index contributed by atoms with van der Waals surface area (Å²) in [5.41, 5.74) is 0.444. The zero-order valence-corrected chi connectivity index (χ0v) is 13.1. The lowest BCUT2D eigenvalue weighted by Gasteiger charge is -2.19. The second-order valence-corrected chi connectivity index (χ2v) is 5.15. The molecule has 23 heavy (non-hydrogen) atoms. The second-order valence-electron chi connectivity index (χ2n) is 5.15. The van der Waals surface area contributed by atoms with E-state index in [2.05, 4.69) is 10.1 Å². The fourth-order valence-corrected chi connectivity index (χ4v) is 2.25. The van der Waals surface area contributed by atoms with Gasteiger partial charge in [0, 0.05) is 31.6 Å². The van der Waals surface area contributed by atoms with Crippen LogP contribution in [0.5, 0.6) is 17.2 Å². The molecule has 0 spiro atoms. The number of benzene rings is 1. The molecule has 2 rings (SSSR count). The maximum atomic E-state index is 12.6. The van der Waals surface area contributed by atoms with Gasteiger partial charge in [-0.3, -0.25) is 4.79 Å². The molecule has 1 heterocycles. The zero-order chi connectivity index (χ0) is 16.8. The Morgan fingerprint density at radius 1 is 1.39 bits per heavy atom. The number of nitrogens with zero attached hydrogens (tertiary/aromatic N) is 1. The van der Waals surface area contributed by atoms with Crippen molar-refractivity contribution in [2.75, 3.05) is 27.4 Å². The molecule has 0 radical (unpaired) electrons. The van der Waals surface area contributed by atoms with Crippen LogP contribution in [0.4, 0.5) is 8.78 Å². The van der Waals surface area contributed by atoms with Crippen LogP contribution in [0.2, 0.25) is 0 Å². The summed E-state index contributed by atoms with van der Waals surface area (Å²) < 4.78 is 40.1. The molecule has 0 fully saturated rings. The van der Waals surface area contributed by atoms with E-state index in [1.54, 1.807) is 13.1 Å². The molecule has 0 aromatic heterocycles. The van der Waals surface area contributed by atoms with Gasteiger partial charge in [-0.1, -0.05) is 0 Å². The summed E-state index contributed by atoms with van der Waals surface area (Å²) in [6.45, 7) is -2.03. The second kappa shape index (κ2) is 7.96. The van der Waals surface area contributed by atoms with Crippen molar-refractivity contribution in [1.82, 2.24) is 10.2 Å². The Balaban J connectivity index is 2.09. The highest BCUT2D eigenvalue weighted by molar-refractivity contribution is 5.76. The van der Waals surface area contributed by atoms with Crippen LogP contribution in [0, 0.1) is 0 Å². The van der Waals surface area contributed by atoms with E-state index in [1.165, 1.54) is 11.0 Å². The summed E-state index contributed by atoms with van der Waals surface area (Å²) in [5, 5.41) is 2.97. The molecule has 1 aromatic carbocycles. The number of ether oxygens (including phenoxy) is 3. The van der Waals surface area contributed by atoms with E-state index < -0.39 is 6.61 Å². The van der Waals surface area contributed by atoms with E-state index in [-0.39, 0.29) is 25.0 Å². The molecule has 8 heteroatoms. The zero-order valence-electron chi connectivity index (χ0n) is 13.1. The van der Waals surface area contributed by atoms with Crippen molar-refractivity contribution >= 4 is 5.91 Å². The maximum Gasteiger partial charge on any atom is 0.387 e. The first kappa shape index (κ1) is 17.3. The van der Waals surface area contributed by atoms with Crippen LogP contribution in [0.1, 0.15) is 18.4 Å². The van der Waals surface area contributed by atoms with Gasteiger partial charge in [-0.05, 0) is 26.1 Å². The van der Waals surface area contributed by atoms with Gasteiger partial charge in [0.25, 0.3) is 0 Å². The average molecular weight is 330 g/mol. The van der Waals surface area contributed by atoms with E-state index in [4.69, 9.17) is 9.47 Å². The average Bonchev–Trinajstić information content (AvgIpc) is 2.94. The lowest BCUT2D eigenvalue weighted by molar-refractivity contribution is -0.130. The normalized spacial score (nSPS) is 12.6. The number of carbonyl (C=O) groups is 1. The van der Waals surface area contributed by atoms with Crippen LogP contribution in [0.3, 0.4) is 0 Å². The number of alkyl halides is 2. The Labute approximate surface area is 133 Å². The van der Waals surface area contributed by atoms with Crippen LogP contribution >= 0.6 is 0 Å². The number of halogens is 2. The highest BCUT2D eigenvalue weighted by Crippen LogP contribution is 2.39. The van der Waals surface area contributed by atoms with Crippen molar-refractivity contribution in [2.45, 2.75) is 26.0 Å². The van der Waals surface area contributed by atoms with Crippen LogP contribution < -0.4 is 19.5 Å². The number of amides is 1. The molecular weight excluding hydrogens is 310 g/mol. The molecule has 1 amide bonds. The Morgan fingerprint density at radius 3 is 2.74 bits per heavy atom. The molecule has 0 unspecified atom stereocenters. The van der Waals surface area contributed by atoms with Crippen molar-refractivity contribution in [3.8, 4) is 17.2 Å². The maximum absolute atomic E-state index is 12.6. The van der Waals surface area contributed by atoms with Gasteiger partial charge < -0.3 is 24.4 Å². The Bertz CT molecular complexity index is 555. The van der Waals surface area contributed by atoms with Gasteiger partial charge in [-0.25, -0.2) is 0 Å². The molecular formula is C15H20F2N2O4. The largest absolute Gasteiger partial charge is 0.454 e. The van der Waals surface area contributed by atoms with Gasteiger partial charge in [0.2, 0.25) is 12.7 Å². The third-order valence-corrected chi connectivity index (χ3v) is 3.42. The minimum atomic E-state index is -2.95. The highest BCUT2D eigenvalue weighted by atomic mass is 19.3. The minimum Gasteiger partial charge on any atom is -0.454 e. The summed E-state index contributed by atoms with van der Waals surface area (Å²) in [6, 6.07) is 2.93. The topological polar surface area (TPSA) is 60.0 Å². The summed E-state index contributed by atoms with van der Waals surface area (Å²) >= 11 is 0. The van der Waals surface area contributed by atoms with Gasteiger partial charge in [0.05, 0.1) is 0 Å². The van der Waals surface area contributed by atoms with E-state index >= 15 is 0 Å². The van der Waals surface area contributed by atoms with Gasteiger partial charge in [-0.2, -0.15) is 8.78 Å². The van der Waals surface area contributed by atoms with E-state index in [0.717, 1.165) is 6.54 Å². The fourth-order valence-electron chi connectivity index (χ4n) is 2.25. The van der Waals surface area contributed by atoms with Crippen LogP contribution in [-0.4, -0.2) is 44.9 Å². The third kappa shape index (κ3) is 4.69. The van der Waals surface area contributed by atoms with Gasteiger partial charge >= 0.3 is 6.61 Å². The third-order valence-electron chi connectivity index (χ3n) is 3.42. The molecule has 1 aromatic rings. The van der Waals surface area contributed by atoms with Crippen LogP contribution in [0.25, 0.3) is 0 Å². The number of hydrogen-bond donors (Lipinski definition) is 1. The first-order valence-electron chi connectivity index (χ1n) is 7.27. The molecule has 1 aliphatic heterocycles. The number of fused-ring (bicyclic) bond motifs is 1. The highest BCUT2D eigenvalue weighted by Gasteiger charge is 2.21. The van der Waals surface area contributed by atoms with E-state index in [9.17, 15) is 13.6 Å². The quantitative estimate of drug-likeness (QED) is 0.739. The molecule has 0 saturated carbocycles. The van der Waals surface area contributed by atoms with Gasteiger partial charge in [0.1, 0.15) is 5.75 Å². The van der Waals surface area contributed by atoms with Crippen LogP contribution in [-0.2, 0) is 11.3 Å². The summed E-state index contributed by atoms with van der Waals surface area (Å²) in [4.78, 5) is 13.5. The summed E-state index contributed by atoms with van der Waals surface area (Å²) in [5.74, 6) is 0.727. The monoisotopic (exact) mass is 330 g/mol. The number of nitrogens with one attached hydrogen (secondary N) is 1. The number of carbonyl (C=O) groups excluding carboxylic acids is 1. The number of rotatable bonds is 8. The summed E-state index contributed by atoms with van der Waals surface area (Å²) in [7, 11) is 3.44. The van der Waals surface area contributed by atoms with Crippen molar-refractivity contribution in [1.29, 1.82) is 0 Å². The molecule has 6 nitrogen and oxygen atoms in total. The molecule has 0 saturated heterocycles. The minimum absolute atomic E-state index is 0.0147. The SMILES string of the molecule is CNCCCC(=O)N(C)Cc1cc2c(cc1OC(F)F)OCO2. The van der Waals surface area contributed by atoms with Gasteiger partial charge in [0.15, 0.2) is 11.5 Å². The predicted molar refractivity (Wildman–Crippen MR) is 78.8 cm³/mol. The lowest BCUT2D eigenvalue weighted by Crippen LogP contribution is -2.27.